The predicted molar refractivity (Wildman–Crippen MR) is 90.2 cm³/mol. The van der Waals surface area contributed by atoms with Crippen LogP contribution < -0.4 is 14.9 Å². The summed E-state index contributed by atoms with van der Waals surface area (Å²) in [4.78, 5) is 11.9. The fourth-order valence-corrected chi connectivity index (χ4v) is 2.48. The van der Waals surface area contributed by atoms with Crippen LogP contribution in [0.1, 0.15) is 22.3 Å². The highest BCUT2D eigenvalue weighted by molar-refractivity contribution is 6.32. The highest BCUT2D eigenvalue weighted by Gasteiger charge is 2.15. The number of carbonyl (C=O) groups excluding carboxylic acids is 1. The molecule has 0 aromatic heterocycles. The molecule has 0 atom stereocenters. The molecule has 24 heavy (non-hydrogen) atoms. The van der Waals surface area contributed by atoms with Gasteiger partial charge >= 0.3 is 0 Å². The first kappa shape index (κ1) is 16.1. The van der Waals surface area contributed by atoms with Gasteiger partial charge in [-0.05, 0) is 35.9 Å². The maximum atomic E-state index is 11.9. The molecule has 7 heteroatoms. The molecule has 1 aliphatic heterocycles. The van der Waals surface area contributed by atoms with E-state index < -0.39 is 5.91 Å². The molecule has 6 nitrogen and oxygen atoms in total. The lowest BCUT2D eigenvalue weighted by molar-refractivity contribution is 0.0954. The maximum absolute atomic E-state index is 11.9. The molecule has 124 valence electrons. The number of hydrogen-bond donors (Lipinski definition) is 2. The number of rotatable bonds is 3. The molecule has 3 rings (SSSR count). The standard InChI is InChI=1S/C17H15ClN2O4/c18-14-7-11(8-15-16(14)24-6-2-5-23-15)10-19-20-17(22)12-3-1-4-13(21)9-12/h1,3-4,7-10,21H,2,5-6H2,(H,20,22)/b19-10-. The molecule has 1 aliphatic rings. The van der Waals surface area contributed by atoms with E-state index in [1.807, 2.05) is 0 Å². The normalized spacial score (nSPS) is 13.5. The second-order valence-corrected chi connectivity index (χ2v) is 5.54. The van der Waals surface area contributed by atoms with Crippen LogP contribution in [-0.2, 0) is 0 Å². The molecule has 2 N–H and O–H groups in total. The summed E-state index contributed by atoms with van der Waals surface area (Å²) in [5.74, 6) is 0.666. The van der Waals surface area contributed by atoms with E-state index in [2.05, 4.69) is 10.5 Å². The summed E-state index contributed by atoms with van der Waals surface area (Å²) < 4.78 is 11.1. The molecule has 0 saturated carbocycles. The van der Waals surface area contributed by atoms with E-state index >= 15 is 0 Å². The summed E-state index contributed by atoms with van der Waals surface area (Å²) in [6.07, 6.45) is 2.25. The van der Waals surface area contributed by atoms with Crippen LogP contribution in [0.3, 0.4) is 0 Å². The number of amides is 1. The molecule has 0 saturated heterocycles. The van der Waals surface area contributed by atoms with E-state index in [4.69, 9.17) is 21.1 Å². The molecule has 1 amide bonds. The van der Waals surface area contributed by atoms with Crippen molar-refractivity contribution in [2.75, 3.05) is 13.2 Å². The summed E-state index contributed by atoms with van der Waals surface area (Å²) in [6, 6.07) is 9.43. The number of hydrazone groups is 1. The van der Waals surface area contributed by atoms with Crippen LogP contribution in [-0.4, -0.2) is 30.4 Å². The molecule has 0 fully saturated rings. The van der Waals surface area contributed by atoms with Crippen LogP contribution in [0.4, 0.5) is 0 Å². The van der Waals surface area contributed by atoms with Crippen molar-refractivity contribution in [2.24, 2.45) is 5.10 Å². The molecule has 2 aromatic carbocycles. The minimum absolute atomic E-state index is 0.0151. The first-order chi connectivity index (χ1) is 11.6. The Morgan fingerprint density at radius 1 is 1.25 bits per heavy atom. The summed E-state index contributed by atoms with van der Waals surface area (Å²) >= 11 is 6.19. The van der Waals surface area contributed by atoms with Crippen molar-refractivity contribution in [1.82, 2.24) is 5.43 Å². The Morgan fingerprint density at radius 3 is 2.92 bits per heavy atom. The number of phenolic OH excluding ortho intramolecular Hbond substituents is 1. The molecular formula is C17H15ClN2O4. The number of fused-ring (bicyclic) bond motifs is 1. The molecule has 2 aromatic rings. The summed E-state index contributed by atoms with van der Waals surface area (Å²) in [5, 5.41) is 13.7. The Bertz CT molecular complexity index is 792. The first-order valence-corrected chi connectivity index (χ1v) is 7.73. The van der Waals surface area contributed by atoms with Crippen molar-refractivity contribution >= 4 is 23.7 Å². The average Bonchev–Trinajstić information content (AvgIpc) is 2.80. The van der Waals surface area contributed by atoms with Crippen molar-refractivity contribution in [3.8, 4) is 17.2 Å². The lowest BCUT2D eigenvalue weighted by Gasteiger charge is -2.09. The molecule has 0 spiro atoms. The number of halogens is 1. The zero-order valence-corrected chi connectivity index (χ0v) is 13.4. The van der Waals surface area contributed by atoms with Gasteiger partial charge in [0.2, 0.25) is 0 Å². The van der Waals surface area contributed by atoms with Crippen LogP contribution >= 0.6 is 11.6 Å². The zero-order valence-electron chi connectivity index (χ0n) is 12.7. The van der Waals surface area contributed by atoms with Gasteiger partial charge in [0.15, 0.2) is 11.5 Å². The van der Waals surface area contributed by atoms with E-state index in [1.165, 1.54) is 18.3 Å². The number of hydrogen-bond acceptors (Lipinski definition) is 5. The van der Waals surface area contributed by atoms with Crippen molar-refractivity contribution < 1.29 is 19.4 Å². The fraction of sp³-hybridized carbons (Fsp3) is 0.176. The Morgan fingerprint density at radius 2 is 2.08 bits per heavy atom. The highest BCUT2D eigenvalue weighted by atomic mass is 35.5. The van der Waals surface area contributed by atoms with E-state index in [0.29, 0.717) is 40.9 Å². The van der Waals surface area contributed by atoms with Crippen LogP contribution in [0.5, 0.6) is 17.2 Å². The number of ether oxygens (including phenoxy) is 2. The fourth-order valence-electron chi connectivity index (χ4n) is 2.20. The summed E-state index contributed by atoms with van der Waals surface area (Å²) in [6.45, 7) is 1.11. The van der Waals surface area contributed by atoms with Gasteiger partial charge in [-0.15, -0.1) is 0 Å². The monoisotopic (exact) mass is 346 g/mol. The van der Waals surface area contributed by atoms with Gasteiger partial charge in [-0.2, -0.15) is 5.10 Å². The second kappa shape index (κ2) is 7.23. The van der Waals surface area contributed by atoms with Gasteiger partial charge in [-0.3, -0.25) is 4.79 Å². The van der Waals surface area contributed by atoms with Crippen LogP contribution in [0.2, 0.25) is 5.02 Å². The van der Waals surface area contributed by atoms with Crippen molar-refractivity contribution in [2.45, 2.75) is 6.42 Å². The zero-order chi connectivity index (χ0) is 16.9. The third-order valence-corrected chi connectivity index (χ3v) is 3.59. The van der Waals surface area contributed by atoms with Crippen molar-refractivity contribution in [3.05, 3.63) is 52.5 Å². The number of phenols is 1. The van der Waals surface area contributed by atoms with Crippen molar-refractivity contribution in [3.63, 3.8) is 0 Å². The van der Waals surface area contributed by atoms with Crippen LogP contribution in [0, 0.1) is 0 Å². The lowest BCUT2D eigenvalue weighted by atomic mass is 10.2. The van der Waals surface area contributed by atoms with Crippen molar-refractivity contribution in [1.29, 1.82) is 0 Å². The molecule has 0 bridgehead atoms. The van der Waals surface area contributed by atoms with Gasteiger partial charge in [0.1, 0.15) is 5.75 Å². The number of benzene rings is 2. The van der Waals surface area contributed by atoms with E-state index in [-0.39, 0.29) is 5.75 Å². The van der Waals surface area contributed by atoms with Gasteiger partial charge in [-0.25, -0.2) is 5.43 Å². The minimum atomic E-state index is -0.428. The Kier molecular flexibility index (Phi) is 4.86. The lowest BCUT2D eigenvalue weighted by Crippen LogP contribution is -2.17. The number of nitrogens with one attached hydrogen (secondary N) is 1. The maximum Gasteiger partial charge on any atom is 0.271 e. The number of nitrogens with zero attached hydrogens (tertiary/aromatic N) is 1. The number of aromatic hydroxyl groups is 1. The van der Waals surface area contributed by atoms with Gasteiger partial charge in [0.25, 0.3) is 5.91 Å². The first-order valence-electron chi connectivity index (χ1n) is 7.35. The predicted octanol–water partition coefficient (Wildman–Crippen LogP) is 2.97. The summed E-state index contributed by atoms with van der Waals surface area (Å²) in [7, 11) is 0. The van der Waals surface area contributed by atoms with Gasteiger partial charge in [-0.1, -0.05) is 17.7 Å². The largest absolute Gasteiger partial charge is 0.508 e. The Balaban J connectivity index is 1.72. The van der Waals surface area contributed by atoms with E-state index in [0.717, 1.165) is 6.42 Å². The summed E-state index contributed by atoms with van der Waals surface area (Å²) in [5.41, 5.74) is 3.37. The molecule has 0 radical (unpaired) electrons. The number of carbonyl (C=O) groups is 1. The highest BCUT2D eigenvalue weighted by Crippen LogP contribution is 2.37. The van der Waals surface area contributed by atoms with Crippen LogP contribution in [0.25, 0.3) is 0 Å². The van der Waals surface area contributed by atoms with Crippen LogP contribution in [0.15, 0.2) is 41.5 Å². The third-order valence-electron chi connectivity index (χ3n) is 3.31. The second-order valence-electron chi connectivity index (χ2n) is 5.13. The van der Waals surface area contributed by atoms with Gasteiger partial charge in [0.05, 0.1) is 24.5 Å². The topological polar surface area (TPSA) is 80.2 Å². The molecule has 0 unspecified atom stereocenters. The van der Waals surface area contributed by atoms with Gasteiger partial charge < -0.3 is 14.6 Å². The molecular weight excluding hydrogens is 332 g/mol. The smallest absolute Gasteiger partial charge is 0.271 e. The van der Waals surface area contributed by atoms with E-state index in [1.54, 1.807) is 24.3 Å². The molecule has 1 heterocycles. The molecule has 0 aliphatic carbocycles. The SMILES string of the molecule is O=C(N/N=C\c1cc(Cl)c2c(c1)OCCCO2)c1cccc(O)c1. The van der Waals surface area contributed by atoms with E-state index in [9.17, 15) is 9.90 Å². The Labute approximate surface area is 143 Å². The Hall–Kier alpha value is -2.73. The quantitative estimate of drug-likeness (QED) is 0.661. The minimum Gasteiger partial charge on any atom is -0.508 e. The van der Waals surface area contributed by atoms with Gasteiger partial charge in [0, 0.05) is 12.0 Å². The average molecular weight is 347 g/mol. The third kappa shape index (κ3) is 3.78.